The average molecular weight is 651 g/mol. The van der Waals surface area contributed by atoms with Crippen molar-refractivity contribution in [1.82, 2.24) is 10.2 Å². The topological polar surface area (TPSA) is 108 Å². The first-order valence-corrected chi connectivity index (χ1v) is 16.7. The van der Waals surface area contributed by atoms with Gasteiger partial charge in [-0.15, -0.1) is 0 Å². The molecule has 0 bridgehead atoms. The van der Waals surface area contributed by atoms with Gasteiger partial charge < -0.3 is 25.0 Å². The zero-order chi connectivity index (χ0) is 34.0. The van der Waals surface area contributed by atoms with E-state index >= 15 is 0 Å². The zero-order valence-electron chi connectivity index (χ0n) is 27.9. The minimum atomic E-state index is -0.896. The maximum atomic E-state index is 12.1. The lowest BCUT2D eigenvalue weighted by Gasteiger charge is -2.43. The Morgan fingerprint density at radius 1 is 0.833 bits per heavy atom. The summed E-state index contributed by atoms with van der Waals surface area (Å²) in [5, 5.41) is 21.3. The Bertz CT molecular complexity index is 1630. The Morgan fingerprint density at radius 2 is 1.54 bits per heavy atom. The standard InChI is InChI=1S/C40H46N2O6/c1-27-36(25-42(3)28(2)31-10-5-4-6-11-31)47-40(48-39(27)33-17-15-29(26-43)16-18-33)34-21-19-32(20-22-34)35-12-7-9-30(23-35)24-41-37(44)13-8-14-38(45)46/h4-7,9-12,15-23,27-28,36,39-40,43H,8,13-14,24-26H2,1-3H3,(H,41,44)(H,45,46)/t27-,28+,36+,39+,40+/m1/s1. The summed E-state index contributed by atoms with van der Waals surface area (Å²) in [5.41, 5.74) is 7.11. The Balaban J connectivity index is 1.31. The average Bonchev–Trinajstić information content (AvgIpc) is 3.11. The van der Waals surface area contributed by atoms with Gasteiger partial charge in [0.1, 0.15) is 0 Å². The molecular formula is C40H46N2O6. The van der Waals surface area contributed by atoms with Crippen molar-refractivity contribution in [2.45, 2.75) is 70.8 Å². The van der Waals surface area contributed by atoms with Crippen molar-refractivity contribution in [1.29, 1.82) is 0 Å². The molecule has 1 aliphatic heterocycles. The predicted molar refractivity (Wildman–Crippen MR) is 186 cm³/mol. The first kappa shape index (κ1) is 35.0. The van der Waals surface area contributed by atoms with Gasteiger partial charge in [-0.1, -0.05) is 104 Å². The molecule has 0 aliphatic carbocycles. The number of carbonyl (C=O) groups is 2. The van der Waals surface area contributed by atoms with E-state index in [0.717, 1.165) is 39.9 Å². The number of nitrogens with zero attached hydrogens (tertiary/aromatic N) is 1. The first-order valence-electron chi connectivity index (χ1n) is 16.7. The fourth-order valence-electron chi connectivity index (χ4n) is 6.14. The van der Waals surface area contributed by atoms with Crippen molar-refractivity contribution in [3.05, 3.63) is 131 Å². The minimum Gasteiger partial charge on any atom is -0.481 e. The number of ether oxygens (including phenoxy) is 2. The highest BCUT2D eigenvalue weighted by molar-refractivity contribution is 5.76. The monoisotopic (exact) mass is 650 g/mol. The van der Waals surface area contributed by atoms with Crippen LogP contribution < -0.4 is 5.32 Å². The van der Waals surface area contributed by atoms with Crippen LogP contribution in [0.25, 0.3) is 11.1 Å². The molecule has 252 valence electrons. The first-order chi connectivity index (χ1) is 23.2. The van der Waals surface area contributed by atoms with E-state index in [1.165, 1.54) is 5.56 Å². The number of likely N-dealkylation sites (N-methyl/N-ethyl adjacent to an activating group) is 1. The Morgan fingerprint density at radius 3 is 2.23 bits per heavy atom. The van der Waals surface area contributed by atoms with E-state index < -0.39 is 12.3 Å². The second-order valence-electron chi connectivity index (χ2n) is 12.7. The number of aliphatic carboxylic acids is 1. The zero-order valence-corrected chi connectivity index (χ0v) is 27.9. The van der Waals surface area contributed by atoms with Gasteiger partial charge >= 0.3 is 5.97 Å². The summed E-state index contributed by atoms with van der Waals surface area (Å²) in [4.78, 5) is 25.2. The number of carboxylic acids is 1. The molecule has 8 nitrogen and oxygen atoms in total. The SMILES string of the molecule is C[C@@H]1[C@H](CN(C)[C@@H](C)c2ccccc2)O[C@H](c2ccc(-c3cccc(CNC(=O)CCCC(=O)O)c3)cc2)O[C@@H]1c1ccc(CO)cc1. The van der Waals surface area contributed by atoms with Gasteiger partial charge in [0.2, 0.25) is 5.91 Å². The number of carbonyl (C=O) groups excluding carboxylic acids is 1. The molecule has 0 unspecified atom stereocenters. The van der Waals surface area contributed by atoms with Gasteiger partial charge in [0, 0.05) is 43.5 Å². The summed E-state index contributed by atoms with van der Waals surface area (Å²) >= 11 is 0. The van der Waals surface area contributed by atoms with Crippen LogP contribution in [0.15, 0.2) is 103 Å². The van der Waals surface area contributed by atoms with Crippen LogP contribution in [-0.2, 0) is 32.2 Å². The number of rotatable bonds is 14. The molecule has 1 amide bonds. The predicted octanol–water partition coefficient (Wildman–Crippen LogP) is 7.20. The van der Waals surface area contributed by atoms with E-state index in [9.17, 15) is 14.7 Å². The van der Waals surface area contributed by atoms with Crippen LogP contribution in [0.5, 0.6) is 0 Å². The Hall–Kier alpha value is -4.34. The second kappa shape index (κ2) is 16.7. The molecule has 1 heterocycles. The smallest absolute Gasteiger partial charge is 0.303 e. The number of hydrogen-bond donors (Lipinski definition) is 3. The number of aliphatic hydroxyl groups is 1. The third-order valence-electron chi connectivity index (χ3n) is 9.26. The van der Waals surface area contributed by atoms with E-state index in [4.69, 9.17) is 14.6 Å². The number of carboxylic acid groups (broad SMARTS) is 1. The highest BCUT2D eigenvalue weighted by Crippen LogP contribution is 2.42. The van der Waals surface area contributed by atoms with Gasteiger partial charge in [0.15, 0.2) is 6.29 Å². The van der Waals surface area contributed by atoms with E-state index in [-0.39, 0.29) is 49.5 Å². The highest BCUT2D eigenvalue weighted by atomic mass is 16.7. The molecule has 5 atom stereocenters. The minimum absolute atomic E-state index is 0.00359. The molecule has 48 heavy (non-hydrogen) atoms. The fraction of sp³-hybridized carbons (Fsp3) is 0.350. The molecule has 0 spiro atoms. The lowest BCUT2D eigenvalue weighted by atomic mass is 9.89. The van der Waals surface area contributed by atoms with Crippen molar-refractivity contribution >= 4 is 11.9 Å². The summed E-state index contributed by atoms with van der Waals surface area (Å²) in [6, 6.07) is 34.9. The second-order valence-corrected chi connectivity index (χ2v) is 12.7. The van der Waals surface area contributed by atoms with Crippen molar-refractivity contribution in [3.63, 3.8) is 0 Å². The third kappa shape index (κ3) is 9.17. The Kier molecular flexibility index (Phi) is 12.1. The molecule has 4 aromatic carbocycles. The summed E-state index contributed by atoms with van der Waals surface area (Å²) < 4.78 is 13.4. The number of benzene rings is 4. The maximum Gasteiger partial charge on any atom is 0.303 e. The summed E-state index contributed by atoms with van der Waals surface area (Å²) in [6.45, 7) is 5.49. The van der Waals surface area contributed by atoms with Crippen molar-refractivity contribution in [2.75, 3.05) is 13.6 Å². The van der Waals surface area contributed by atoms with Crippen LogP contribution in [0.1, 0.15) is 79.4 Å². The molecule has 3 N–H and O–H groups in total. The van der Waals surface area contributed by atoms with Crippen molar-refractivity contribution < 1.29 is 29.3 Å². The van der Waals surface area contributed by atoms with Crippen LogP contribution >= 0.6 is 0 Å². The fourth-order valence-corrected chi connectivity index (χ4v) is 6.14. The van der Waals surface area contributed by atoms with Crippen molar-refractivity contribution in [3.8, 4) is 11.1 Å². The molecule has 0 aromatic heterocycles. The van der Waals surface area contributed by atoms with Gasteiger partial charge in [-0.05, 0) is 59.8 Å². The van der Waals surface area contributed by atoms with Crippen molar-refractivity contribution in [2.24, 2.45) is 5.92 Å². The normalized spacial score (nSPS) is 19.9. The maximum absolute atomic E-state index is 12.1. The molecule has 5 rings (SSSR count). The van der Waals surface area contributed by atoms with E-state index in [0.29, 0.717) is 13.0 Å². The van der Waals surface area contributed by atoms with E-state index in [1.807, 2.05) is 66.7 Å². The summed E-state index contributed by atoms with van der Waals surface area (Å²) in [7, 11) is 2.14. The van der Waals surface area contributed by atoms with Gasteiger partial charge in [-0.3, -0.25) is 14.5 Å². The lowest BCUT2D eigenvalue weighted by Crippen LogP contribution is -2.44. The van der Waals surface area contributed by atoms with Gasteiger partial charge in [0.25, 0.3) is 0 Å². The van der Waals surface area contributed by atoms with Crippen LogP contribution in [0.2, 0.25) is 0 Å². The third-order valence-corrected chi connectivity index (χ3v) is 9.26. The summed E-state index contributed by atoms with van der Waals surface area (Å²) in [6.07, 6.45) is -0.364. The molecule has 1 saturated heterocycles. The molecule has 4 aromatic rings. The number of aliphatic hydroxyl groups excluding tert-OH is 1. The molecule has 8 heteroatoms. The molecule has 1 aliphatic rings. The van der Waals surface area contributed by atoms with Gasteiger partial charge in [0.05, 0.1) is 18.8 Å². The largest absolute Gasteiger partial charge is 0.481 e. The van der Waals surface area contributed by atoms with E-state index in [1.54, 1.807) is 0 Å². The lowest BCUT2D eigenvalue weighted by molar-refractivity contribution is -0.276. The molecule has 0 saturated carbocycles. The van der Waals surface area contributed by atoms with E-state index in [2.05, 4.69) is 67.5 Å². The van der Waals surface area contributed by atoms with Crippen LogP contribution in [0.3, 0.4) is 0 Å². The summed E-state index contributed by atoms with van der Waals surface area (Å²) in [5.74, 6) is -0.979. The number of amides is 1. The molecule has 0 radical (unpaired) electrons. The van der Waals surface area contributed by atoms with Crippen LogP contribution in [0, 0.1) is 5.92 Å². The van der Waals surface area contributed by atoms with Crippen LogP contribution in [-0.4, -0.2) is 46.7 Å². The number of nitrogens with one attached hydrogen (secondary N) is 1. The molecule has 1 fully saturated rings. The Labute approximate surface area is 283 Å². The van der Waals surface area contributed by atoms with Crippen LogP contribution in [0.4, 0.5) is 0 Å². The highest BCUT2D eigenvalue weighted by Gasteiger charge is 2.39. The number of hydrogen-bond acceptors (Lipinski definition) is 6. The van der Waals surface area contributed by atoms with Gasteiger partial charge in [-0.2, -0.15) is 0 Å². The quantitative estimate of drug-likeness (QED) is 0.132. The molecular weight excluding hydrogens is 604 g/mol. The van der Waals surface area contributed by atoms with Gasteiger partial charge in [-0.25, -0.2) is 0 Å².